The summed E-state index contributed by atoms with van der Waals surface area (Å²) in [5, 5.41) is 0.936. The van der Waals surface area contributed by atoms with Crippen LogP contribution in [0.5, 0.6) is 11.5 Å². The van der Waals surface area contributed by atoms with Gasteiger partial charge >= 0.3 is 0 Å². The Balaban J connectivity index is 0.000000170. The van der Waals surface area contributed by atoms with Crippen LogP contribution in [0.15, 0.2) is 42.6 Å². The number of primary amides is 1. The Morgan fingerprint density at radius 2 is 1.81 bits per heavy atom. The first-order valence-electron chi connectivity index (χ1n) is 12.6. The number of amides is 1. The summed E-state index contributed by atoms with van der Waals surface area (Å²) in [6.45, 7) is 8.65. The second kappa shape index (κ2) is 11.6. The highest BCUT2D eigenvalue weighted by molar-refractivity contribution is 6.42. The largest absolute Gasteiger partial charge is 0.486 e. The van der Waals surface area contributed by atoms with Gasteiger partial charge in [-0.25, -0.2) is 4.39 Å². The van der Waals surface area contributed by atoms with Gasteiger partial charge in [0, 0.05) is 28.7 Å². The molecule has 3 aromatic rings. The molecule has 1 amide bonds. The standard InChI is InChI=1S/C15H20FNO2.C13H14N2O2/c16-13-10-12(4-3-7-17-5-1-2-6-17)11-14-15(13)19-9-8-18-14;1-8(2)15-6-5-9-7-10(3-4-11(9)15)12(16)13(14)17/h10-11H,1-9H2;3-8H,1-2H3,(H2,14,17). The van der Waals surface area contributed by atoms with Crippen LogP contribution in [0, 0.1) is 5.82 Å². The van der Waals surface area contributed by atoms with Crippen molar-refractivity contribution < 1.29 is 23.5 Å². The quantitative estimate of drug-likeness (QED) is 0.385. The smallest absolute Gasteiger partial charge is 0.289 e. The first-order valence-corrected chi connectivity index (χ1v) is 12.6. The lowest BCUT2D eigenvalue weighted by Gasteiger charge is -2.20. The van der Waals surface area contributed by atoms with Gasteiger partial charge in [-0.15, -0.1) is 0 Å². The van der Waals surface area contributed by atoms with Crippen molar-refractivity contribution in [2.45, 2.75) is 45.6 Å². The number of carbonyl (C=O) groups excluding carboxylic acids is 2. The van der Waals surface area contributed by atoms with Crippen LogP contribution >= 0.6 is 0 Å². The molecule has 0 saturated carbocycles. The number of nitrogens with zero attached hydrogens (tertiary/aromatic N) is 2. The van der Waals surface area contributed by atoms with Crippen LogP contribution in [0.4, 0.5) is 4.39 Å². The number of ether oxygens (including phenoxy) is 2. The fourth-order valence-corrected chi connectivity index (χ4v) is 4.72. The van der Waals surface area contributed by atoms with Crippen LogP contribution in [0.2, 0.25) is 0 Å². The van der Waals surface area contributed by atoms with E-state index < -0.39 is 11.7 Å². The zero-order valence-corrected chi connectivity index (χ0v) is 21.0. The highest BCUT2D eigenvalue weighted by atomic mass is 19.1. The Bertz CT molecular complexity index is 1230. The van der Waals surface area contributed by atoms with Gasteiger partial charge in [-0.2, -0.15) is 0 Å². The monoisotopic (exact) mass is 495 g/mol. The topological polar surface area (TPSA) is 86.8 Å². The second-order valence-electron chi connectivity index (χ2n) is 9.54. The van der Waals surface area contributed by atoms with Crippen molar-refractivity contribution in [3.63, 3.8) is 0 Å². The summed E-state index contributed by atoms with van der Waals surface area (Å²) >= 11 is 0. The summed E-state index contributed by atoms with van der Waals surface area (Å²) in [5.74, 6) is -1.04. The van der Waals surface area contributed by atoms with E-state index in [1.54, 1.807) is 18.2 Å². The predicted octanol–water partition coefficient (Wildman–Crippen LogP) is 4.52. The van der Waals surface area contributed by atoms with Gasteiger partial charge in [0.25, 0.3) is 5.91 Å². The van der Waals surface area contributed by atoms with E-state index in [4.69, 9.17) is 15.2 Å². The van der Waals surface area contributed by atoms with E-state index in [-0.39, 0.29) is 11.6 Å². The lowest BCUT2D eigenvalue weighted by atomic mass is 10.1. The summed E-state index contributed by atoms with van der Waals surface area (Å²) in [6.07, 6.45) is 6.56. The molecule has 3 heterocycles. The number of hydrogen-bond acceptors (Lipinski definition) is 5. The van der Waals surface area contributed by atoms with Gasteiger partial charge < -0.3 is 24.7 Å². The summed E-state index contributed by atoms with van der Waals surface area (Å²) in [7, 11) is 0. The molecule has 0 unspecified atom stereocenters. The number of Topliss-reactive ketones (excluding diaryl/α,β-unsaturated/α-hetero) is 1. The third-order valence-corrected chi connectivity index (χ3v) is 6.56. The zero-order chi connectivity index (χ0) is 25.7. The van der Waals surface area contributed by atoms with Gasteiger partial charge in [0.15, 0.2) is 17.3 Å². The van der Waals surface area contributed by atoms with E-state index in [9.17, 15) is 14.0 Å². The molecule has 2 N–H and O–H groups in total. The molecule has 2 aromatic carbocycles. The molecule has 1 fully saturated rings. The minimum absolute atomic E-state index is 0.273. The number of halogens is 1. The van der Waals surface area contributed by atoms with Crippen molar-refractivity contribution in [3.8, 4) is 11.5 Å². The lowest BCUT2D eigenvalue weighted by Crippen LogP contribution is -2.22. The van der Waals surface area contributed by atoms with E-state index >= 15 is 0 Å². The maximum Gasteiger partial charge on any atom is 0.289 e. The molecule has 8 heteroatoms. The summed E-state index contributed by atoms with van der Waals surface area (Å²) in [6, 6.07) is 10.9. The van der Waals surface area contributed by atoms with E-state index in [1.165, 1.54) is 25.9 Å². The van der Waals surface area contributed by atoms with Crippen molar-refractivity contribution in [1.82, 2.24) is 9.47 Å². The maximum atomic E-state index is 13.8. The highest BCUT2D eigenvalue weighted by Gasteiger charge is 2.18. The van der Waals surface area contributed by atoms with E-state index in [2.05, 4.69) is 23.3 Å². The molecule has 0 radical (unpaired) electrons. The van der Waals surface area contributed by atoms with Crippen LogP contribution < -0.4 is 15.2 Å². The Kier molecular flexibility index (Phi) is 8.25. The number of hydrogen-bond donors (Lipinski definition) is 1. The molecule has 2 aliphatic heterocycles. The van der Waals surface area contributed by atoms with Gasteiger partial charge in [-0.05, 0) is 101 Å². The number of aryl methyl sites for hydroxylation is 1. The number of aromatic nitrogens is 1. The summed E-state index contributed by atoms with van der Waals surface area (Å²) < 4.78 is 26.7. The van der Waals surface area contributed by atoms with Crippen molar-refractivity contribution in [1.29, 1.82) is 0 Å². The number of carbonyl (C=O) groups is 2. The fourth-order valence-electron chi connectivity index (χ4n) is 4.72. The Hall–Kier alpha value is -3.39. The number of likely N-dealkylation sites (tertiary alicyclic amines) is 1. The van der Waals surface area contributed by atoms with Crippen LogP contribution in [-0.2, 0) is 11.2 Å². The molecule has 36 heavy (non-hydrogen) atoms. The van der Waals surface area contributed by atoms with Gasteiger partial charge in [-0.1, -0.05) is 0 Å². The van der Waals surface area contributed by atoms with Crippen molar-refractivity contribution in [2.75, 3.05) is 32.8 Å². The summed E-state index contributed by atoms with van der Waals surface area (Å²) in [4.78, 5) is 24.7. The summed E-state index contributed by atoms with van der Waals surface area (Å²) in [5.41, 5.74) is 7.35. The van der Waals surface area contributed by atoms with Crippen LogP contribution in [0.25, 0.3) is 10.9 Å². The SMILES string of the molecule is CC(C)n1ccc2cc(C(=O)C(N)=O)ccc21.Fc1cc(CCCN2CCCC2)cc2c1OCCO2. The average molecular weight is 496 g/mol. The number of rotatable bonds is 7. The second-order valence-corrected chi connectivity index (χ2v) is 9.54. The van der Waals surface area contributed by atoms with E-state index in [1.807, 2.05) is 24.4 Å². The molecule has 0 spiro atoms. The fraction of sp³-hybridized carbons (Fsp3) is 0.429. The molecule has 7 nitrogen and oxygen atoms in total. The Morgan fingerprint density at radius 1 is 1.06 bits per heavy atom. The highest BCUT2D eigenvalue weighted by Crippen LogP contribution is 2.34. The maximum absolute atomic E-state index is 13.8. The van der Waals surface area contributed by atoms with Gasteiger partial charge in [0.1, 0.15) is 13.2 Å². The minimum atomic E-state index is -0.923. The lowest BCUT2D eigenvalue weighted by molar-refractivity contribution is -0.114. The van der Waals surface area contributed by atoms with Crippen LogP contribution in [0.3, 0.4) is 0 Å². The number of benzene rings is 2. The molecule has 1 aromatic heterocycles. The van der Waals surface area contributed by atoms with Gasteiger partial charge in [0.2, 0.25) is 5.78 Å². The minimum Gasteiger partial charge on any atom is -0.486 e. The van der Waals surface area contributed by atoms with Crippen molar-refractivity contribution in [3.05, 3.63) is 59.5 Å². The molecule has 192 valence electrons. The van der Waals surface area contributed by atoms with Gasteiger partial charge in [-0.3, -0.25) is 9.59 Å². The molecule has 0 aliphatic carbocycles. The van der Waals surface area contributed by atoms with Crippen molar-refractivity contribution >= 4 is 22.6 Å². The molecule has 0 bridgehead atoms. The first-order chi connectivity index (χ1) is 17.3. The molecule has 5 rings (SSSR count). The number of nitrogens with two attached hydrogens (primary N) is 1. The first kappa shape index (κ1) is 25.7. The third-order valence-electron chi connectivity index (χ3n) is 6.56. The van der Waals surface area contributed by atoms with Crippen molar-refractivity contribution in [2.24, 2.45) is 5.73 Å². The molecular formula is C28H34FN3O4. The van der Waals surface area contributed by atoms with Gasteiger partial charge in [0.05, 0.1) is 0 Å². The number of ketones is 1. The van der Waals surface area contributed by atoms with E-state index in [0.29, 0.717) is 30.6 Å². The third kappa shape index (κ3) is 6.05. The number of fused-ring (bicyclic) bond motifs is 2. The molecule has 2 aliphatic rings. The van der Waals surface area contributed by atoms with Crippen LogP contribution in [0.1, 0.15) is 55.1 Å². The molecule has 0 atom stereocenters. The van der Waals surface area contributed by atoms with Crippen LogP contribution in [-0.4, -0.2) is 54.0 Å². The molecular weight excluding hydrogens is 461 g/mol. The average Bonchev–Trinajstić information content (AvgIpc) is 3.53. The zero-order valence-electron chi connectivity index (χ0n) is 21.0. The normalized spacial score (nSPS) is 15.1. The predicted molar refractivity (Wildman–Crippen MR) is 137 cm³/mol. The molecule has 1 saturated heterocycles. The Morgan fingerprint density at radius 3 is 2.53 bits per heavy atom. The Labute approximate surface area is 211 Å². The van der Waals surface area contributed by atoms with E-state index in [0.717, 1.165) is 35.9 Å².